The third-order valence-corrected chi connectivity index (χ3v) is 5.06. The van der Waals surface area contributed by atoms with E-state index >= 15 is 0 Å². The first-order valence-corrected chi connectivity index (χ1v) is 8.41. The largest absolute Gasteiger partial charge is 0.352 e. The minimum absolute atomic E-state index is 0.0398. The molecule has 0 saturated heterocycles. The molecule has 1 heterocycles. The maximum Gasteiger partial charge on any atom is 0.252 e. The van der Waals surface area contributed by atoms with E-state index < -0.39 is 0 Å². The molecule has 3 aromatic rings. The summed E-state index contributed by atoms with van der Waals surface area (Å²) in [6.07, 6.45) is 0.847. The first-order valence-electron chi connectivity index (χ1n) is 6.73. The highest BCUT2D eigenvalue weighted by Gasteiger charge is 2.09. The number of rotatable bonds is 4. The summed E-state index contributed by atoms with van der Waals surface area (Å²) in [5.41, 5.74) is 1.97. The Morgan fingerprint density at radius 2 is 1.86 bits per heavy atom. The first-order chi connectivity index (χ1) is 10.3. The zero-order chi connectivity index (χ0) is 14.7. The number of amides is 1. The number of hydrogen-bond acceptors (Lipinski definition) is 2. The Morgan fingerprint density at radius 3 is 2.71 bits per heavy atom. The number of carbonyl (C=O) groups is 1. The number of halogens is 1. The lowest BCUT2D eigenvalue weighted by Gasteiger charge is -2.06. The van der Waals surface area contributed by atoms with Gasteiger partial charge in [0.05, 0.1) is 5.56 Å². The van der Waals surface area contributed by atoms with Crippen LogP contribution >= 0.6 is 27.3 Å². The van der Waals surface area contributed by atoms with Crippen molar-refractivity contribution in [3.8, 4) is 0 Å². The van der Waals surface area contributed by atoms with Gasteiger partial charge in [-0.1, -0.05) is 30.3 Å². The van der Waals surface area contributed by atoms with E-state index in [4.69, 9.17) is 0 Å². The van der Waals surface area contributed by atoms with Crippen molar-refractivity contribution in [2.45, 2.75) is 6.42 Å². The predicted molar refractivity (Wildman–Crippen MR) is 92.0 cm³/mol. The Kier molecular flexibility index (Phi) is 4.36. The minimum atomic E-state index is -0.0398. The number of fused-ring (bicyclic) bond motifs is 1. The average Bonchev–Trinajstić information content (AvgIpc) is 2.91. The molecule has 0 atom stereocenters. The quantitative estimate of drug-likeness (QED) is 0.722. The van der Waals surface area contributed by atoms with Gasteiger partial charge >= 0.3 is 0 Å². The second-order valence-electron chi connectivity index (χ2n) is 4.74. The van der Waals surface area contributed by atoms with Crippen LogP contribution in [0.4, 0.5) is 0 Å². The van der Waals surface area contributed by atoms with Gasteiger partial charge in [0.1, 0.15) is 0 Å². The summed E-state index contributed by atoms with van der Waals surface area (Å²) in [6.45, 7) is 0.640. The predicted octanol–water partition coefficient (Wildman–Crippen LogP) is 4.64. The van der Waals surface area contributed by atoms with Crippen LogP contribution in [0.15, 0.2) is 58.4 Å². The highest BCUT2D eigenvalue weighted by atomic mass is 79.9. The molecule has 0 spiro atoms. The van der Waals surface area contributed by atoms with Crippen molar-refractivity contribution >= 4 is 43.3 Å². The molecule has 1 amide bonds. The smallest absolute Gasteiger partial charge is 0.252 e. The molecule has 2 nitrogen and oxygen atoms in total. The molecule has 0 bridgehead atoms. The average molecular weight is 360 g/mol. The van der Waals surface area contributed by atoms with Crippen LogP contribution in [0.5, 0.6) is 0 Å². The van der Waals surface area contributed by atoms with E-state index in [0.717, 1.165) is 10.9 Å². The van der Waals surface area contributed by atoms with Crippen LogP contribution in [-0.4, -0.2) is 12.5 Å². The summed E-state index contributed by atoms with van der Waals surface area (Å²) in [4.78, 5) is 12.1. The third kappa shape index (κ3) is 3.17. The van der Waals surface area contributed by atoms with Crippen molar-refractivity contribution in [2.75, 3.05) is 6.54 Å². The number of carbonyl (C=O) groups excluding carboxylic acids is 1. The zero-order valence-corrected chi connectivity index (χ0v) is 13.7. The molecule has 0 radical (unpaired) electrons. The van der Waals surface area contributed by atoms with E-state index in [9.17, 15) is 4.79 Å². The second-order valence-corrected chi connectivity index (χ2v) is 6.51. The molecular weight excluding hydrogens is 346 g/mol. The van der Waals surface area contributed by atoms with Crippen molar-refractivity contribution in [3.05, 3.63) is 69.5 Å². The fraction of sp³-hybridized carbons (Fsp3) is 0.118. The summed E-state index contributed by atoms with van der Waals surface area (Å²) in [7, 11) is 0. The Balaban J connectivity index is 1.64. The number of benzene rings is 2. The summed E-state index contributed by atoms with van der Waals surface area (Å²) >= 11 is 5.15. The minimum Gasteiger partial charge on any atom is -0.352 e. The Labute approximate surface area is 135 Å². The summed E-state index contributed by atoms with van der Waals surface area (Å²) in [6, 6.07) is 15.8. The lowest BCUT2D eigenvalue weighted by molar-refractivity contribution is 0.0953. The zero-order valence-electron chi connectivity index (χ0n) is 11.3. The Hall–Kier alpha value is -1.65. The fourth-order valence-corrected chi connectivity index (χ4v) is 3.74. The van der Waals surface area contributed by atoms with Crippen LogP contribution in [0.2, 0.25) is 0 Å². The second kappa shape index (κ2) is 6.41. The van der Waals surface area contributed by atoms with Crippen LogP contribution < -0.4 is 5.32 Å². The van der Waals surface area contributed by atoms with Crippen molar-refractivity contribution in [1.82, 2.24) is 5.32 Å². The van der Waals surface area contributed by atoms with E-state index in [0.29, 0.717) is 12.1 Å². The molecule has 1 aromatic heterocycles. The molecule has 1 N–H and O–H groups in total. The highest BCUT2D eigenvalue weighted by molar-refractivity contribution is 9.10. The van der Waals surface area contributed by atoms with E-state index in [2.05, 4.69) is 50.9 Å². The van der Waals surface area contributed by atoms with Gasteiger partial charge in [-0.05, 0) is 56.9 Å². The molecule has 0 saturated carbocycles. The van der Waals surface area contributed by atoms with Gasteiger partial charge in [0, 0.05) is 15.7 Å². The normalized spacial score (nSPS) is 10.7. The lowest BCUT2D eigenvalue weighted by atomic mass is 10.1. The standard InChI is InChI=1S/C17H14BrNOS/c18-15-7-3-1-6-14(15)17(20)19-10-9-12-11-21-16-8-4-2-5-13(12)16/h1-8,11H,9-10H2,(H,19,20). The van der Waals surface area contributed by atoms with E-state index in [1.807, 2.05) is 24.3 Å². The van der Waals surface area contributed by atoms with Gasteiger partial charge in [-0.2, -0.15) is 0 Å². The number of thiophene rings is 1. The molecule has 106 valence electrons. The van der Waals surface area contributed by atoms with Crippen LogP contribution in [0.3, 0.4) is 0 Å². The monoisotopic (exact) mass is 359 g/mol. The summed E-state index contributed by atoms with van der Waals surface area (Å²) < 4.78 is 2.12. The van der Waals surface area contributed by atoms with E-state index in [1.54, 1.807) is 11.3 Å². The van der Waals surface area contributed by atoms with E-state index in [-0.39, 0.29) is 5.91 Å². The molecule has 21 heavy (non-hydrogen) atoms. The van der Waals surface area contributed by atoms with Gasteiger partial charge < -0.3 is 5.32 Å². The van der Waals surface area contributed by atoms with E-state index in [1.165, 1.54) is 15.6 Å². The van der Waals surface area contributed by atoms with Gasteiger partial charge in [-0.25, -0.2) is 0 Å². The Bertz CT molecular complexity index is 781. The van der Waals surface area contributed by atoms with Gasteiger partial charge in [-0.3, -0.25) is 4.79 Å². The fourth-order valence-electron chi connectivity index (χ4n) is 2.28. The molecular formula is C17H14BrNOS. The first kappa shape index (κ1) is 14.3. The van der Waals surface area contributed by atoms with Gasteiger partial charge in [0.15, 0.2) is 0 Å². The molecule has 0 unspecified atom stereocenters. The van der Waals surface area contributed by atoms with Gasteiger partial charge in [0.2, 0.25) is 0 Å². The summed E-state index contributed by atoms with van der Waals surface area (Å²) in [5.74, 6) is -0.0398. The topological polar surface area (TPSA) is 29.1 Å². The molecule has 2 aromatic carbocycles. The van der Waals surface area contributed by atoms with Crippen LogP contribution in [0, 0.1) is 0 Å². The van der Waals surface area contributed by atoms with Crippen molar-refractivity contribution in [1.29, 1.82) is 0 Å². The number of nitrogens with one attached hydrogen (secondary N) is 1. The third-order valence-electron chi connectivity index (χ3n) is 3.36. The molecule has 0 fully saturated rings. The Morgan fingerprint density at radius 1 is 1.10 bits per heavy atom. The summed E-state index contributed by atoms with van der Waals surface area (Å²) in [5, 5.41) is 6.44. The molecule has 3 rings (SSSR count). The molecule has 0 aliphatic heterocycles. The van der Waals surface area contributed by atoms with Gasteiger partial charge in [-0.15, -0.1) is 11.3 Å². The van der Waals surface area contributed by atoms with Crippen LogP contribution in [-0.2, 0) is 6.42 Å². The molecule has 0 aliphatic carbocycles. The highest BCUT2D eigenvalue weighted by Crippen LogP contribution is 2.25. The molecule has 0 aliphatic rings. The van der Waals surface area contributed by atoms with Crippen LogP contribution in [0.25, 0.3) is 10.1 Å². The van der Waals surface area contributed by atoms with Crippen LogP contribution in [0.1, 0.15) is 15.9 Å². The van der Waals surface area contributed by atoms with Gasteiger partial charge in [0.25, 0.3) is 5.91 Å². The van der Waals surface area contributed by atoms with Crippen molar-refractivity contribution < 1.29 is 4.79 Å². The maximum atomic E-state index is 12.1. The maximum absolute atomic E-state index is 12.1. The molecule has 4 heteroatoms. The number of hydrogen-bond donors (Lipinski definition) is 1. The van der Waals surface area contributed by atoms with Crippen molar-refractivity contribution in [3.63, 3.8) is 0 Å². The van der Waals surface area contributed by atoms with Crippen molar-refractivity contribution in [2.24, 2.45) is 0 Å². The lowest BCUT2D eigenvalue weighted by Crippen LogP contribution is -2.25. The SMILES string of the molecule is O=C(NCCc1csc2ccccc12)c1ccccc1Br.